The lowest BCUT2D eigenvalue weighted by atomic mass is 10.2. The van der Waals surface area contributed by atoms with E-state index in [1.54, 1.807) is 0 Å². The molecule has 0 heterocycles. The van der Waals surface area contributed by atoms with Crippen molar-refractivity contribution in [3.8, 4) is 0 Å². The van der Waals surface area contributed by atoms with Crippen molar-refractivity contribution >= 4 is 27.6 Å². The zero-order chi connectivity index (χ0) is 19.9. The summed E-state index contributed by atoms with van der Waals surface area (Å²) in [6, 6.07) is 11.4. The van der Waals surface area contributed by atoms with Crippen molar-refractivity contribution < 1.29 is 27.5 Å². The molecule has 0 aromatic heterocycles. The fourth-order valence-electron chi connectivity index (χ4n) is 2.19. The third-order valence-corrected chi connectivity index (χ3v) is 5.05. The number of anilines is 1. The van der Waals surface area contributed by atoms with Gasteiger partial charge in [-0.05, 0) is 48.9 Å². The van der Waals surface area contributed by atoms with Crippen molar-refractivity contribution in [3.05, 3.63) is 59.7 Å². The van der Waals surface area contributed by atoms with Crippen LogP contribution in [0.5, 0.6) is 0 Å². The normalized spacial score (nSPS) is 10.9. The van der Waals surface area contributed by atoms with Crippen LogP contribution in [0.15, 0.2) is 53.4 Å². The highest BCUT2D eigenvalue weighted by Crippen LogP contribution is 2.18. The molecule has 0 radical (unpaired) electrons. The van der Waals surface area contributed by atoms with E-state index in [2.05, 4.69) is 9.46 Å². The molecule has 0 spiro atoms. The molecule has 1 N–H and O–H groups in total. The summed E-state index contributed by atoms with van der Waals surface area (Å²) in [6.45, 7) is 2.34. The quantitative estimate of drug-likeness (QED) is 0.548. The molecule has 0 atom stereocenters. The number of nitrogens with one attached hydrogen (secondary N) is 1. The number of sulfonamides is 1. The Bertz CT molecular complexity index is 906. The molecule has 0 fully saturated rings. The van der Waals surface area contributed by atoms with Gasteiger partial charge in [-0.25, -0.2) is 18.0 Å². The van der Waals surface area contributed by atoms with Gasteiger partial charge in [0.15, 0.2) is 0 Å². The molecule has 8 heteroatoms. The average molecular weight is 391 g/mol. The van der Waals surface area contributed by atoms with Crippen LogP contribution in [0.25, 0.3) is 0 Å². The van der Waals surface area contributed by atoms with Gasteiger partial charge in [-0.3, -0.25) is 4.72 Å². The van der Waals surface area contributed by atoms with Crippen molar-refractivity contribution in [2.45, 2.75) is 24.7 Å². The van der Waals surface area contributed by atoms with Crippen LogP contribution in [0.1, 0.15) is 40.5 Å². The SMILES string of the molecule is CCCCOC(=O)c1ccc(NS(=O)(=O)c2cccc(C(=O)OC)c2)cc1. The zero-order valence-corrected chi connectivity index (χ0v) is 15.9. The van der Waals surface area contributed by atoms with Crippen LogP contribution in [0.3, 0.4) is 0 Å². The Balaban J connectivity index is 2.12. The Morgan fingerprint density at radius 3 is 2.33 bits per heavy atom. The number of methoxy groups -OCH3 is 1. The van der Waals surface area contributed by atoms with Gasteiger partial charge in [-0.15, -0.1) is 0 Å². The van der Waals surface area contributed by atoms with E-state index in [9.17, 15) is 18.0 Å². The summed E-state index contributed by atoms with van der Waals surface area (Å²) in [5.41, 5.74) is 0.746. The second kappa shape index (κ2) is 9.18. The molecule has 0 saturated carbocycles. The second-order valence-electron chi connectivity index (χ2n) is 5.69. The van der Waals surface area contributed by atoms with Crippen molar-refractivity contribution in [2.24, 2.45) is 0 Å². The van der Waals surface area contributed by atoms with Crippen LogP contribution in [-0.2, 0) is 19.5 Å². The first-order valence-electron chi connectivity index (χ1n) is 8.35. The summed E-state index contributed by atoms with van der Waals surface area (Å²) < 4.78 is 37.1. The molecule has 0 aliphatic rings. The van der Waals surface area contributed by atoms with Crippen molar-refractivity contribution in [2.75, 3.05) is 18.4 Å². The summed E-state index contributed by atoms with van der Waals surface area (Å²) in [6.07, 6.45) is 1.71. The Morgan fingerprint density at radius 1 is 1.00 bits per heavy atom. The van der Waals surface area contributed by atoms with Gasteiger partial charge in [0.05, 0.1) is 29.7 Å². The standard InChI is InChI=1S/C19H21NO6S/c1-3-4-12-26-19(22)14-8-10-16(11-9-14)20-27(23,24)17-7-5-6-15(13-17)18(21)25-2/h5-11,13,20H,3-4,12H2,1-2H3. The molecule has 0 aliphatic carbocycles. The highest BCUT2D eigenvalue weighted by atomic mass is 32.2. The van der Waals surface area contributed by atoms with Crippen LogP contribution in [-0.4, -0.2) is 34.1 Å². The molecule has 0 unspecified atom stereocenters. The molecule has 2 aromatic carbocycles. The van der Waals surface area contributed by atoms with E-state index in [0.29, 0.717) is 12.2 Å². The summed E-state index contributed by atoms with van der Waals surface area (Å²) in [5, 5.41) is 0. The van der Waals surface area contributed by atoms with Gasteiger partial charge in [-0.2, -0.15) is 0 Å². The number of esters is 2. The Morgan fingerprint density at radius 2 is 1.70 bits per heavy atom. The lowest BCUT2D eigenvalue weighted by Crippen LogP contribution is -2.14. The summed E-state index contributed by atoms with van der Waals surface area (Å²) in [7, 11) is -2.68. The van der Waals surface area contributed by atoms with Crippen LogP contribution in [0, 0.1) is 0 Å². The first-order valence-corrected chi connectivity index (χ1v) is 9.84. The van der Waals surface area contributed by atoms with E-state index in [0.717, 1.165) is 12.8 Å². The number of hydrogen-bond donors (Lipinski definition) is 1. The molecule has 2 aromatic rings. The molecule has 0 bridgehead atoms. The molecule has 0 saturated heterocycles. The molecule has 0 aliphatic heterocycles. The first-order chi connectivity index (χ1) is 12.9. The molecular weight excluding hydrogens is 370 g/mol. The maximum Gasteiger partial charge on any atom is 0.338 e. The van der Waals surface area contributed by atoms with Gasteiger partial charge in [0, 0.05) is 5.69 Å². The van der Waals surface area contributed by atoms with Crippen LogP contribution in [0.4, 0.5) is 5.69 Å². The van der Waals surface area contributed by atoms with Gasteiger partial charge < -0.3 is 9.47 Å². The minimum Gasteiger partial charge on any atom is -0.465 e. The highest BCUT2D eigenvalue weighted by Gasteiger charge is 2.17. The third-order valence-electron chi connectivity index (χ3n) is 3.67. The van der Waals surface area contributed by atoms with Crippen molar-refractivity contribution in [3.63, 3.8) is 0 Å². The van der Waals surface area contributed by atoms with Gasteiger partial charge in [0.2, 0.25) is 0 Å². The lowest BCUT2D eigenvalue weighted by molar-refractivity contribution is 0.0499. The molecule has 27 heavy (non-hydrogen) atoms. The van der Waals surface area contributed by atoms with Crippen molar-refractivity contribution in [1.82, 2.24) is 0 Å². The summed E-state index contributed by atoms with van der Waals surface area (Å²) in [4.78, 5) is 23.4. The summed E-state index contributed by atoms with van der Waals surface area (Å²) >= 11 is 0. The zero-order valence-electron chi connectivity index (χ0n) is 15.1. The number of benzene rings is 2. The number of carbonyl (C=O) groups excluding carboxylic acids is 2. The largest absolute Gasteiger partial charge is 0.465 e. The average Bonchev–Trinajstić information content (AvgIpc) is 2.68. The Kier molecular flexibility index (Phi) is 6.95. The predicted molar refractivity (Wildman–Crippen MR) is 100 cm³/mol. The number of carbonyl (C=O) groups is 2. The van der Waals surface area contributed by atoms with Gasteiger partial charge in [0.25, 0.3) is 10.0 Å². The van der Waals surface area contributed by atoms with Crippen LogP contribution >= 0.6 is 0 Å². The fourth-order valence-corrected chi connectivity index (χ4v) is 3.29. The van der Waals surface area contributed by atoms with Crippen LogP contribution < -0.4 is 4.72 Å². The van der Waals surface area contributed by atoms with Gasteiger partial charge in [0.1, 0.15) is 0 Å². The van der Waals surface area contributed by atoms with Crippen LogP contribution in [0.2, 0.25) is 0 Å². The number of rotatable bonds is 8. The molecule has 2 rings (SSSR count). The topological polar surface area (TPSA) is 98.8 Å². The van der Waals surface area contributed by atoms with E-state index in [1.807, 2.05) is 6.92 Å². The molecule has 144 valence electrons. The monoisotopic (exact) mass is 391 g/mol. The smallest absolute Gasteiger partial charge is 0.338 e. The highest BCUT2D eigenvalue weighted by molar-refractivity contribution is 7.92. The van der Waals surface area contributed by atoms with E-state index >= 15 is 0 Å². The minimum atomic E-state index is -3.90. The van der Waals surface area contributed by atoms with Crippen molar-refractivity contribution in [1.29, 1.82) is 0 Å². The number of hydrogen-bond acceptors (Lipinski definition) is 6. The number of ether oxygens (including phenoxy) is 2. The van der Waals surface area contributed by atoms with E-state index < -0.39 is 22.0 Å². The minimum absolute atomic E-state index is 0.0755. The fraction of sp³-hybridized carbons (Fsp3) is 0.263. The van der Waals surface area contributed by atoms with E-state index in [4.69, 9.17) is 4.74 Å². The predicted octanol–water partition coefficient (Wildman–Crippen LogP) is 3.23. The molecule has 7 nitrogen and oxygen atoms in total. The van der Waals surface area contributed by atoms with E-state index in [-0.39, 0.29) is 16.1 Å². The van der Waals surface area contributed by atoms with E-state index in [1.165, 1.54) is 55.6 Å². The van der Waals surface area contributed by atoms with Gasteiger partial charge in [-0.1, -0.05) is 19.4 Å². The molecular formula is C19H21NO6S. The Hall–Kier alpha value is -2.87. The maximum absolute atomic E-state index is 12.5. The van der Waals surface area contributed by atoms with Gasteiger partial charge >= 0.3 is 11.9 Å². The second-order valence-corrected chi connectivity index (χ2v) is 7.37. The number of unbranched alkanes of at least 4 members (excludes halogenated alkanes) is 1. The maximum atomic E-state index is 12.5. The third kappa shape index (κ3) is 5.55. The Labute approximate surface area is 158 Å². The molecule has 0 amide bonds. The summed E-state index contributed by atoms with van der Waals surface area (Å²) in [5.74, 6) is -1.08. The lowest BCUT2D eigenvalue weighted by Gasteiger charge is -2.10. The first kappa shape index (κ1) is 20.4.